The van der Waals surface area contributed by atoms with Crippen molar-refractivity contribution in [1.82, 2.24) is 0 Å². The van der Waals surface area contributed by atoms with E-state index >= 15 is 0 Å². The Morgan fingerprint density at radius 1 is 1.15 bits per heavy atom. The lowest BCUT2D eigenvalue weighted by Crippen LogP contribution is -2.37. The number of amides is 2. The van der Waals surface area contributed by atoms with Crippen LogP contribution in [0.25, 0.3) is 0 Å². The lowest BCUT2D eigenvalue weighted by atomic mass is 10.1. The van der Waals surface area contributed by atoms with E-state index in [0.29, 0.717) is 18.7 Å². The summed E-state index contributed by atoms with van der Waals surface area (Å²) >= 11 is 0. The van der Waals surface area contributed by atoms with Crippen molar-refractivity contribution in [3.05, 3.63) is 59.7 Å². The molecule has 27 heavy (non-hydrogen) atoms. The molecule has 5 nitrogen and oxygen atoms in total. The molecule has 0 spiro atoms. The first-order valence-corrected chi connectivity index (χ1v) is 9.20. The standard InChI is InChI=1S/C22H24N2O3/c1-4-23(20-7-5-6-15(2)12-20)22(27)18-13-21(26)24(14-18)19-10-8-17(9-11-19)16(3)25/h5-12,18H,4,13-14H2,1-3H3. The van der Waals surface area contributed by atoms with Gasteiger partial charge in [0.15, 0.2) is 5.78 Å². The molecule has 2 amide bonds. The fraction of sp³-hybridized carbons (Fsp3) is 0.318. The van der Waals surface area contributed by atoms with E-state index in [1.54, 1.807) is 34.1 Å². The Bertz CT molecular complexity index is 873. The number of hydrogen-bond acceptors (Lipinski definition) is 3. The molecule has 1 aliphatic heterocycles. The van der Waals surface area contributed by atoms with Crippen LogP contribution in [0.3, 0.4) is 0 Å². The number of Topliss-reactive ketones (excluding diaryl/α,β-unsaturated/α-hetero) is 1. The van der Waals surface area contributed by atoms with Gasteiger partial charge in [-0.05, 0) is 62.7 Å². The molecule has 140 valence electrons. The van der Waals surface area contributed by atoms with Crippen LogP contribution in [0.5, 0.6) is 0 Å². The summed E-state index contributed by atoms with van der Waals surface area (Å²) < 4.78 is 0. The van der Waals surface area contributed by atoms with E-state index < -0.39 is 0 Å². The third-order valence-electron chi connectivity index (χ3n) is 4.96. The molecular formula is C22H24N2O3. The first kappa shape index (κ1) is 18.8. The van der Waals surface area contributed by atoms with Gasteiger partial charge in [-0.1, -0.05) is 12.1 Å². The van der Waals surface area contributed by atoms with Crippen LogP contribution in [0, 0.1) is 12.8 Å². The second-order valence-electron chi connectivity index (χ2n) is 6.93. The fourth-order valence-electron chi connectivity index (χ4n) is 3.48. The zero-order valence-electron chi connectivity index (χ0n) is 15.9. The number of hydrogen-bond donors (Lipinski definition) is 0. The predicted octanol–water partition coefficient (Wildman–Crippen LogP) is 3.60. The normalized spacial score (nSPS) is 16.5. The average Bonchev–Trinajstić information content (AvgIpc) is 3.04. The molecule has 2 aromatic carbocycles. The van der Waals surface area contributed by atoms with Crippen LogP contribution >= 0.6 is 0 Å². The highest BCUT2D eigenvalue weighted by Crippen LogP contribution is 2.28. The summed E-state index contributed by atoms with van der Waals surface area (Å²) in [5, 5.41) is 0. The molecule has 0 radical (unpaired) electrons. The number of ketones is 1. The van der Waals surface area contributed by atoms with Crippen molar-refractivity contribution >= 4 is 29.0 Å². The molecule has 0 N–H and O–H groups in total. The predicted molar refractivity (Wildman–Crippen MR) is 106 cm³/mol. The van der Waals surface area contributed by atoms with Crippen molar-refractivity contribution < 1.29 is 14.4 Å². The fourth-order valence-corrected chi connectivity index (χ4v) is 3.48. The van der Waals surface area contributed by atoms with E-state index in [0.717, 1.165) is 16.9 Å². The number of aryl methyl sites for hydroxylation is 1. The molecule has 0 bridgehead atoms. The second kappa shape index (κ2) is 7.74. The minimum absolute atomic E-state index is 0.0147. The van der Waals surface area contributed by atoms with Gasteiger partial charge in [-0.15, -0.1) is 0 Å². The Labute approximate surface area is 159 Å². The molecule has 1 heterocycles. The minimum atomic E-state index is -0.370. The molecule has 5 heteroatoms. The van der Waals surface area contributed by atoms with Gasteiger partial charge in [-0.3, -0.25) is 14.4 Å². The first-order valence-electron chi connectivity index (χ1n) is 9.20. The van der Waals surface area contributed by atoms with Crippen LogP contribution in [0.1, 0.15) is 36.2 Å². The van der Waals surface area contributed by atoms with Crippen LogP contribution in [0.4, 0.5) is 11.4 Å². The van der Waals surface area contributed by atoms with Gasteiger partial charge < -0.3 is 9.80 Å². The molecule has 0 aliphatic carbocycles. The van der Waals surface area contributed by atoms with Gasteiger partial charge in [0.25, 0.3) is 0 Å². The van der Waals surface area contributed by atoms with Gasteiger partial charge in [0.2, 0.25) is 11.8 Å². The third-order valence-corrected chi connectivity index (χ3v) is 4.96. The van der Waals surface area contributed by atoms with Crippen molar-refractivity contribution in [3.63, 3.8) is 0 Å². The maximum absolute atomic E-state index is 13.1. The largest absolute Gasteiger partial charge is 0.312 e. The molecular weight excluding hydrogens is 340 g/mol. The maximum atomic E-state index is 13.1. The molecule has 2 aromatic rings. The molecule has 3 rings (SSSR count). The van der Waals surface area contributed by atoms with Crippen molar-refractivity contribution in [2.45, 2.75) is 27.2 Å². The van der Waals surface area contributed by atoms with Crippen LogP contribution in [0.15, 0.2) is 48.5 Å². The molecule has 1 unspecified atom stereocenters. The van der Waals surface area contributed by atoms with Crippen molar-refractivity contribution in [2.75, 3.05) is 22.9 Å². The highest BCUT2D eigenvalue weighted by Gasteiger charge is 2.37. The number of carbonyl (C=O) groups is 3. The highest BCUT2D eigenvalue weighted by atomic mass is 16.2. The lowest BCUT2D eigenvalue weighted by molar-refractivity contribution is -0.124. The van der Waals surface area contributed by atoms with E-state index in [2.05, 4.69) is 0 Å². The number of rotatable bonds is 5. The van der Waals surface area contributed by atoms with E-state index in [-0.39, 0.29) is 29.9 Å². The zero-order valence-corrected chi connectivity index (χ0v) is 15.9. The molecule has 1 fully saturated rings. The Morgan fingerprint density at radius 3 is 2.44 bits per heavy atom. The van der Waals surface area contributed by atoms with Crippen molar-refractivity contribution in [2.24, 2.45) is 5.92 Å². The van der Waals surface area contributed by atoms with Crippen LogP contribution in [-0.4, -0.2) is 30.7 Å². The number of carbonyl (C=O) groups excluding carboxylic acids is 3. The third kappa shape index (κ3) is 3.92. The van der Waals surface area contributed by atoms with E-state index in [9.17, 15) is 14.4 Å². The maximum Gasteiger partial charge on any atom is 0.232 e. The van der Waals surface area contributed by atoms with Crippen LogP contribution in [0.2, 0.25) is 0 Å². The van der Waals surface area contributed by atoms with E-state index in [1.807, 2.05) is 38.1 Å². The van der Waals surface area contributed by atoms with Crippen LogP contribution < -0.4 is 9.80 Å². The van der Waals surface area contributed by atoms with Crippen molar-refractivity contribution in [1.29, 1.82) is 0 Å². The molecule has 1 saturated heterocycles. The average molecular weight is 364 g/mol. The second-order valence-corrected chi connectivity index (χ2v) is 6.93. The Morgan fingerprint density at radius 2 is 1.85 bits per heavy atom. The Hall–Kier alpha value is -2.95. The van der Waals surface area contributed by atoms with Gasteiger partial charge in [-0.2, -0.15) is 0 Å². The van der Waals surface area contributed by atoms with Crippen LogP contribution in [-0.2, 0) is 9.59 Å². The lowest BCUT2D eigenvalue weighted by Gasteiger charge is -2.24. The Balaban J connectivity index is 1.77. The highest BCUT2D eigenvalue weighted by molar-refractivity contribution is 6.04. The summed E-state index contributed by atoms with van der Waals surface area (Å²) in [6.07, 6.45) is 0.204. The molecule has 0 saturated carbocycles. The topological polar surface area (TPSA) is 57.7 Å². The van der Waals surface area contributed by atoms with Gasteiger partial charge in [0.05, 0.1) is 5.92 Å². The summed E-state index contributed by atoms with van der Waals surface area (Å²) in [4.78, 5) is 40.4. The summed E-state index contributed by atoms with van der Waals surface area (Å²) in [5.74, 6) is -0.479. The smallest absolute Gasteiger partial charge is 0.232 e. The summed E-state index contributed by atoms with van der Waals surface area (Å²) in [6, 6.07) is 14.8. The van der Waals surface area contributed by atoms with Crippen molar-refractivity contribution in [3.8, 4) is 0 Å². The quantitative estimate of drug-likeness (QED) is 0.762. The number of benzene rings is 2. The summed E-state index contributed by atoms with van der Waals surface area (Å²) in [7, 11) is 0. The van der Waals surface area contributed by atoms with E-state index in [4.69, 9.17) is 0 Å². The molecule has 1 aliphatic rings. The summed E-state index contributed by atoms with van der Waals surface area (Å²) in [5.41, 5.74) is 3.28. The number of anilines is 2. The summed E-state index contributed by atoms with van der Waals surface area (Å²) in [6.45, 7) is 6.36. The molecule has 0 aromatic heterocycles. The Kier molecular flexibility index (Phi) is 5.40. The van der Waals surface area contributed by atoms with Gasteiger partial charge in [0, 0.05) is 36.4 Å². The zero-order chi connectivity index (χ0) is 19.6. The SMILES string of the molecule is CCN(C(=O)C1CC(=O)N(c2ccc(C(C)=O)cc2)C1)c1cccc(C)c1. The van der Waals surface area contributed by atoms with Gasteiger partial charge >= 0.3 is 0 Å². The monoisotopic (exact) mass is 364 g/mol. The van der Waals surface area contributed by atoms with E-state index in [1.165, 1.54) is 6.92 Å². The first-order chi connectivity index (χ1) is 12.9. The van der Waals surface area contributed by atoms with Gasteiger partial charge in [-0.25, -0.2) is 0 Å². The minimum Gasteiger partial charge on any atom is -0.312 e. The molecule has 1 atom stereocenters. The number of nitrogens with zero attached hydrogens (tertiary/aromatic N) is 2. The van der Waals surface area contributed by atoms with Gasteiger partial charge in [0.1, 0.15) is 0 Å².